The van der Waals surface area contributed by atoms with Crippen LogP contribution in [0.25, 0.3) is 0 Å². The van der Waals surface area contributed by atoms with E-state index in [1.807, 2.05) is 51.1 Å². The fourth-order valence-corrected chi connectivity index (χ4v) is 9.56. The zero-order valence-corrected chi connectivity index (χ0v) is 25.6. The molecule has 1 aromatic carbocycles. The third-order valence-corrected chi connectivity index (χ3v) is 12.6. The molecular weight excluding hydrogens is 526 g/mol. The van der Waals surface area contributed by atoms with E-state index in [2.05, 4.69) is 24.5 Å². The van der Waals surface area contributed by atoms with Gasteiger partial charge in [-0.05, 0) is 41.6 Å². The van der Waals surface area contributed by atoms with E-state index in [-0.39, 0.29) is 46.7 Å². The van der Waals surface area contributed by atoms with Gasteiger partial charge in [0, 0.05) is 24.7 Å². The Morgan fingerprint density at radius 1 is 1.10 bits per heavy atom. The van der Waals surface area contributed by atoms with Crippen LogP contribution in [0.4, 0.5) is 0 Å². The van der Waals surface area contributed by atoms with Gasteiger partial charge < -0.3 is 9.64 Å². The standard InChI is InChI=1S/C31H47N3O5S/c1-29(2,3)26(32-20-33-31(15-10-7-11-16-31)23-14-17-40(23,37)38)27(35)34-18-22-24(30(22,4)5)25(34)28(36)39-19-21-12-8-6-9-13-21/h6,8-9,12-13,22-26,32-33H,7,10-11,14-20H2,1-5H3/t22-,23-,24-,25-,26+/m0/s1. The predicted octanol–water partition coefficient (Wildman–Crippen LogP) is 3.65. The van der Waals surface area contributed by atoms with Crippen molar-refractivity contribution in [3.8, 4) is 0 Å². The van der Waals surface area contributed by atoms with Gasteiger partial charge in [0.2, 0.25) is 5.91 Å². The Morgan fingerprint density at radius 3 is 2.35 bits per heavy atom. The van der Waals surface area contributed by atoms with Crippen molar-refractivity contribution in [2.24, 2.45) is 22.7 Å². The topological polar surface area (TPSA) is 105 Å². The van der Waals surface area contributed by atoms with Gasteiger partial charge in [0.05, 0.1) is 17.0 Å². The first kappa shape index (κ1) is 29.5. The van der Waals surface area contributed by atoms with Crippen LogP contribution in [-0.2, 0) is 30.8 Å². The molecule has 222 valence electrons. The van der Waals surface area contributed by atoms with E-state index in [1.165, 1.54) is 0 Å². The lowest BCUT2D eigenvalue weighted by Crippen LogP contribution is -2.66. The highest BCUT2D eigenvalue weighted by Crippen LogP contribution is 2.65. The third-order valence-electron chi connectivity index (χ3n) is 10.3. The molecule has 5 rings (SSSR count). The number of sulfone groups is 1. The second-order valence-corrected chi connectivity index (χ2v) is 16.5. The van der Waals surface area contributed by atoms with E-state index in [9.17, 15) is 18.0 Å². The summed E-state index contributed by atoms with van der Waals surface area (Å²) in [6.07, 6.45) is 5.54. The number of ether oxygens (including phenoxy) is 1. The van der Waals surface area contributed by atoms with Gasteiger partial charge in [-0.15, -0.1) is 0 Å². The summed E-state index contributed by atoms with van der Waals surface area (Å²) in [5, 5.41) is 6.70. The average molecular weight is 574 g/mol. The number of carbonyl (C=O) groups is 2. The number of rotatable bonds is 9. The monoisotopic (exact) mass is 573 g/mol. The molecule has 1 amide bonds. The zero-order valence-electron chi connectivity index (χ0n) is 24.7. The minimum Gasteiger partial charge on any atom is -0.459 e. The van der Waals surface area contributed by atoms with Crippen molar-refractivity contribution in [1.82, 2.24) is 15.5 Å². The van der Waals surface area contributed by atoms with Crippen molar-refractivity contribution >= 4 is 21.7 Å². The van der Waals surface area contributed by atoms with Gasteiger partial charge in [-0.25, -0.2) is 13.2 Å². The van der Waals surface area contributed by atoms with Gasteiger partial charge >= 0.3 is 5.97 Å². The number of nitrogens with one attached hydrogen (secondary N) is 2. The molecule has 2 aliphatic heterocycles. The molecule has 4 aliphatic rings. The maximum Gasteiger partial charge on any atom is 0.329 e. The number of nitrogens with zero attached hydrogens (tertiary/aromatic N) is 1. The minimum absolute atomic E-state index is 0.00105. The van der Waals surface area contributed by atoms with Gasteiger partial charge in [0.25, 0.3) is 0 Å². The van der Waals surface area contributed by atoms with Crippen LogP contribution in [0, 0.1) is 22.7 Å². The first-order chi connectivity index (χ1) is 18.8. The minimum atomic E-state index is -3.06. The summed E-state index contributed by atoms with van der Waals surface area (Å²) in [6.45, 7) is 11.5. The molecule has 0 unspecified atom stereocenters. The largest absolute Gasteiger partial charge is 0.459 e. The summed E-state index contributed by atoms with van der Waals surface area (Å²) in [4.78, 5) is 29.4. The van der Waals surface area contributed by atoms with Crippen LogP contribution in [0.2, 0.25) is 0 Å². The van der Waals surface area contributed by atoms with Crippen molar-refractivity contribution in [3.05, 3.63) is 35.9 Å². The Hall–Kier alpha value is -1.97. The van der Waals surface area contributed by atoms with Gasteiger partial charge in [0.15, 0.2) is 9.84 Å². The van der Waals surface area contributed by atoms with Gasteiger partial charge in [-0.2, -0.15) is 0 Å². The van der Waals surface area contributed by atoms with Crippen molar-refractivity contribution in [1.29, 1.82) is 0 Å². The summed E-state index contributed by atoms with van der Waals surface area (Å²) in [7, 11) is -3.06. The maximum atomic E-state index is 14.2. The van der Waals surface area contributed by atoms with Crippen molar-refractivity contribution in [3.63, 3.8) is 0 Å². The molecule has 0 radical (unpaired) electrons. The highest BCUT2D eigenvalue weighted by atomic mass is 32.2. The molecule has 8 nitrogen and oxygen atoms in total. The zero-order chi connectivity index (χ0) is 28.9. The highest BCUT2D eigenvalue weighted by Gasteiger charge is 2.70. The molecule has 2 saturated carbocycles. The number of hydrogen-bond donors (Lipinski definition) is 2. The van der Waals surface area contributed by atoms with Gasteiger partial charge in [-0.1, -0.05) is 84.2 Å². The Bertz CT molecular complexity index is 1200. The normalized spacial score (nSPS) is 30.6. The summed E-state index contributed by atoms with van der Waals surface area (Å²) in [5.41, 5.74) is 0.0727. The highest BCUT2D eigenvalue weighted by molar-refractivity contribution is 7.93. The number of benzene rings is 1. The van der Waals surface area contributed by atoms with Crippen LogP contribution in [0.15, 0.2) is 30.3 Å². The molecule has 4 fully saturated rings. The number of carbonyl (C=O) groups excluding carboxylic acids is 2. The Labute approximate surface area is 239 Å². The van der Waals surface area contributed by atoms with E-state index >= 15 is 0 Å². The van der Waals surface area contributed by atoms with E-state index in [0.29, 0.717) is 19.6 Å². The number of likely N-dealkylation sites (tertiary alicyclic amines) is 1. The molecule has 0 aromatic heterocycles. The van der Waals surface area contributed by atoms with E-state index < -0.39 is 32.9 Å². The first-order valence-electron chi connectivity index (χ1n) is 15.0. The number of piperidine rings is 1. The molecule has 2 saturated heterocycles. The fourth-order valence-electron chi connectivity index (χ4n) is 7.70. The average Bonchev–Trinajstić information content (AvgIpc) is 3.22. The molecule has 0 bridgehead atoms. The van der Waals surface area contributed by atoms with Crippen molar-refractivity contribution < 1.29 is 22.7 Å². The predicted molar refractivity (Wildman–Crippen MR) is 155 cm³/mol. The van der Waals surface area contributed by atoms with Crippen molar-refractivity contribution in [2.75, 3.05) is 19.0 Å². The van der Waals surface area contributed by atoms with Gasteiger partial charge in [-0.3, -0.25) is 15.4 Å². The first-order valence-corrected chi connectivity index (χ1v) is 16.7. The lowest BCUT2D eigenvalue weighted by molar-refractivity contribution is -0.158. The second kappa shape index (κ2) is 10.7. The fraction of sp³-hybridized carbons (Fsp3) is 0.742. The molecular formula is C31H47N3O5S. The van der Waals surface area contributed by atoms with Crippen LogP contribution in [0.1, 0.15) is 78.7 Å². The third kappa shape index (κ3) is 5.45. The molecule has 9 heteroatoms. The van der Waals surface area contributed by atoms with Crippen molar-refractivity contribution in [2.45, 2.75) is 103 Å². The molecule has 2 heterocycles. The van der Waals surface area contributed by atoms with E-state index in [4.69, 9.17) is 4.74 Å². The Kier molecular flexibility index (Phi) is 7.90. The van der Waals surface area contributed by atoms with Crippen LogP contribution in [0.3, 0.4) is 0 Å². The lowest BCUT2D eigenvalue weighted by Gasteiger charge is -2.48. The van der Waals surface area contributed by atoms with E-state index in [0.717, 1.165) is 37.7 Å². The van der Waals surface area contributed by atoms with Crippen LogP contribution in [-0.4, -0.2) is 67.0 Å². The van der Waals surface area contributed by atoms with Gasteiger partial charge in [0.1, 0.15) is 12.6 Å². The number of hydrogen-bond acceptors (Lipinski definition) is 7. The number of amides is 1. The summed E-state index contributed by atoms with van der Waals surface area (Å²) in [6, 6.07) is 8.48. The molecule has 2 aliphatic carbocycles. The molecule has 5 atom stereocenters. The second-order valence-electron chi connectivity index (χ2n) is 14.2. The molecule has 2 N–H and O–H groups in total. The lowest BCUT2D eigenvalue weighted by atomic mass is 9.78. The number of fused-ring (bicyclic) bond motifs is 1. The quantitative estimate of drug-likeness (QED) is 0.343. The molecule has 0 spiro atoms. The van der Waals surface area contributed by atoms with Crippen LogP contribution in [0.5, 0.6) is 0 Å². The smallest absolute Gasteiger partial charge is 0.329 e. The maximum absolute atomic E-state index is 14.2. The molecule has 40 heavy (non-hydrogen) atoms. The SMILES string of the molecule is CC(C)(C)[C@H](NCNC1([C@@H]2CCS2(=O)=O)CCCCC1)C(=O)N1C[C@H]2[C@@H]([C@H]1C(=O)OCc1ccccc1)C2(C)C. The summed E-state index contributed by atoms with van der Waals surface area (Å²) < 4.78 is 31.0. The Balaban J connectivity index is 1.29. The number of esters is 1. The summed E-state index contributed by atoms with van der Waals surface area (Å²) >= 11 is 0. The Morgan fingerprint density at radius 2 is 1.77 bits per heavy atom. The van der Waals surface area contributed by atoms with Crippen LogP contribution < -0.4 is 10.6 Å². The molecule has 1 aromatic rings. The van der Waals surface area contributed by atoms with E-state index in [1.54, 1.807) is 4.90 Å². The van der Waals surface area contributed by atoms with Crippen LogP contribution >= 0.6 is 0 Å². The summed E-state index contributed by atoms with van der Waals surface area (Å²) in [5.74, 6) is 0.212.